The lowest BCUT2D eigenvalue weighted by atomic mass is 10.0. The van der Waals surface area contributed by atoms with Crippen LogP contribution in [0, 0.1) is 0 Å². The third-order valence-corrected chi connectivity index (χ3v) is 3.76. The summed E-state index contributed by atoms with van der Waals surface area (Å²) < 4.78 is 11.4. The number of aromatic nitrogens is 1. The lowest BCUT2D eigenvalue weighted by molar-refractivity contribution is 0.0131. The molecule has 1 aliphatic heterocycles. The molecule has 0 radical (unpaired) electrons. The molecule has 0 aliphatic carbocycles. The predicted molar refractivity (Wildman–Crippen MR) is 70.9 cm³/mol. The van der Waals surface area contributed by atoms with Crippen LogP contribution in [0.15, 0.2) is 28.7 Å². The van der Waals surface area contributed by atoms with Gasteiger partial charge >= 0.3 is 0 Å². The largest absolute Gasteiger partial charge is 0.441 e. The first kappa shape index (κ1) is 12.0. The van der Waals surface area contributed by atoms with Crippen LogP contribution in [-0.2, 0) is 11.2 Å². The summed E-state index contributed by atoms with van der Waals surface area (Å²) in [6.45, 7) is 0.821. The Kier molecular flexibility index (Phi) is 3.52. The molecule has 3 rings (SSSR count). The number of hydrogen-bond donors (Lipinski definition) is 0. The maximum Gasteiger partial charge on any atom is 0.197 e. The van der Waals surface area contributed by atoms with Crippen molar-refractivity contribution >= 4 is 22.7 Å². The molecule has 1 fully saturated rings. The van der Waals surface area contributed by atoms with E-state index in [-0.39, 0.29) is 11.5 Å². The summed E-state index contributed by atoms with van der Waals surface area (Å²) in [5.41, 5.74) is 1.71. The minimum Gasteiger partial charge on any atom is -0.441 e. The molecule has 1 aromatic carbocycles. The average Bonchev–Trinajstić information content (AvgIpc) is 2.82. The molecule has 2 heterocycles. The first-order valence-corrected chi connectivity index (χ1v) is 6.87. The summed E-state index contributed by atoms with van der Waals surface area (Å²) in [5.74, 6) is 0.699. The van der Waals surface area contributed by atoms with Crippen LogP contribution >= 0.6 is 11.6 Å². The van der Waals surface area contributed by atoms with Gasteiger partial charge in [-0.25, -0.2) is 4.98 Å². The minimum absolute atomic E-state index is 0.0571. The smallest absolute Gasteiger partial charge is 0.197 e. The van der Waals surface area contributed by atoms with Gasteiger partial charge in [0, 0.05) is 13.0 Å². The van der Waals surface area contributed by atoms with E-state index in [1.54, 1.807) is 0 Å². The van der Waals surface area contributed by atoms with Crippen LogP contribution < -0.4 is 0 Å². The van der Waals surface area contributed by atoms with Crippen molar-refractivity contribution in [2.24, 2.45) is 0 Å². The Labute approximate surface area is 111 Å². The molecule has 2 atom stereocenters. The first-order chi connectivity index (χ1) is 8.83. The van der Waals surface area contributed by atoms with E-state index in [0.29, 0.717) is 12.3 Å². The number of fused-ring (bicyclic) bond motifs is 1. The highest BCUT2D eigenvalue weighted by molar-refractivity contribution is 6.21. The van der Waals surface area contributed by atoms with Gasteiger partial charge in [-0.1, -0.05) is 12.1 Å². The molecule has 18 heavy (non-hydrogen) atoms. The normalized spacial score (nSPS) is 22.2. The van der Waals surface area contributed by atoms with Crippen molar-refractivity contribution in [3.63, 3.8) is 0 Å². The lowest BCUT2D eigenvalue weighted by Crippen LogP contribution is -2.30. The quantitative estimate of drug-likeness (QED) is 0.796. The number of rotatable bonds is 3. The van der Waals surface area contributed by atoms with Gasteiger partial charge in [-0.05, 0) is 31.4 Å². The van der Waals surface area contributed by atoms with Gasteiger partial charge in [0.2, 0.25) is 0 Å². The topological polar surface area (TPSA) is 35.3 Å². The molecular weight excluding hydrogens is 250 g/mol. The zero-order valence-electron chi connectivity index (χ0n) is 10.1. The molecule has 4 heteroatoms. The van der Waals surface area contributed by atoms with E-state index in [2.05, 4.69) is 4.98 Å². The van der Waals surface area contributed by atoms with Gasteiger partial charge in [0.05, 0.1) is 11.5 Å². The molecule has 1 saturated heterocycles. The molecule has 1 aliphatic rings. The zero-order chi connectivity index (χ0) is 12.4. The Morgan fingerprint density at radius 1 is 1.33 bits per heavy atom. The van der Waals surface area contributed by atoms with Crippen LogP contribution in [0.1, 0.15) is 25.2 Å². The van der Waals surface area contributed by atoms with Gasteiger partial charge in [-0.15, -0.1) is 11.6 Å². The number of halogens is 1. The van der Waals surface area contributed by atoms with Crippen LogP contribution in [0.2, 0.25) is 0 Å². The molecule has 0 bridgehead atoms. The maximum absolute atomic E-state index is 6.40. The summed E-state index contributed by atoms with van der Waals surface area (Å²) in [7, 11) is 0. The molecule has 0 amide bonds. The van der Waals surface area contributed by atoms with Crippen LogP contribution in [0.25, 0.3) is 11.1 Å². The molecule has 0 N–H and O–H groups in total. The fourth-order valence-corrected chi connectivity index (χ4v) is 2.69. The molecule has 0 saturated carbocycles. The first-order valence-electron chi connectivity index (χ1n) is 6.43. The maximum atomic E-state index is 6.40. The van der Waals surface area contributed by atoms with Crippen LogP contribution in [0.4, 0.5) is 0 Å². The monoisotopic (exact) mass is 265 g/mol. The Morgan fingerprint density at radius 2 is 2.22 bits per heavy atom. The molecule has 0 spiro atoms. The van der Waals surface area contributed by atoms with Crippen LogP contribution in [-0.4, -0.2) is 23.1 Å². The molecule has 96 valence electrons. The summed E-state index contributed by atoms with van der Waals surface area (Å²) in [6, 6.07) is 7.77. The highest BCUT2D eigenvalue weighted by Gasteiger charge is 2.24. The fraction of sp³-hybridized carbons (Fsp3) is 0.500. The summed E-state index contributed by atoms with van der Waals surface area (Å²) in [4.78, 5) is 4.44. The number of para-hydroxylation sites is 2. The number of benzene rings is 1. The van der Waals surface area contributed by atoms with Crippen LogP contribution in [0.3, 0.4) is 0 Å². The Morgan fingerprint density at radius 3 is 3.00 bits per heavy atom. The lowest BCUT2D eigenvalue weighted by Gasteiger charge is -2.25. The average molecular weight is 266 g/mol. The fourth-order valence-electron chi connectivity index (χ4n) is 2.36. The van der Waals surface area contributed by atoms with Gasteiger partial charge in [0.1, 0.15) is 5.52 Å². The van der Waals surface area contributed by atoms with Gasteiger partial charge in [0.15, 0.2) is 11.5 Å². The van der Waals surface area contributed by atoms with Crippen molar-refractivity contribution in [1.29, 1.82) is 0 Å². The third kappa shape index (κ3) is 2.52. The van der Waals surface area contributed by atoms with Crippen molar-refractivity contribution in [2.45, 2.75) is 37.2 Å². The number of hydrogen-bond acceptors (Lipinski definition) is 3. The molecular formula is C14H16ClNO2. The van der Waals surface area contributed by atoms with E-state index in [9.17, 15) is 0 Å². The Bertz CT molecular complexity index is 486. The van der Waals surface area contributed by atoms with E-state index >= 15 is 0 Å². The number of ether oxygens (including phenoxy) is 1. The van der Waals surface area contributed by atoms with Crippen molar-refractivity contribution < 1.29 is 9.15 Å². The highest BCUT2D eigenvalue weighted by Crippen LogP contribution is 2.23. The molecule has 1 aromatic heterocycles. The predicted octanol–water partition coefficient (Wildman–Crippen LogP) is 3.55. The second-order valence-corrected chi connectivity index (χ2v) is 5.26. The third-order valence-electron chi connectivity index (χ3n) is 3.33. The van der Waals surface area contributed by atoms with Gasteiger partial charge < -0.3 is 9.15 Å². The minimum atomic E-state index is -0.0571. The number of oxazole rings is 1. The van der Waals surface area contributed by atoms with Crippen molar-refractivity contribution in [2.75, 3.05) is 6.61 Å². The summed E-state index contributed by atoms with van der Waals surface area (Å²) in [5, 5.41) is -0.0571. The standard InChI is InChI=1S/C14H16ClNO2/c15-10(12-6-3-4-8-17-12)9-14-16-11-5-1-2-7-13(11)18-14/h1-2,5,7,10,12H,3-4,6,8-9H2. The number of alkyl halides is 1. The van der Waals surface area contributed by atoms with E-state index in [1.807, 2.05) is 24.3 Å². The second-order valence-electron chi connectivity index (χ2n) is 4.70. The van der Waals surface area contributed by atoms with Crippen molar-refractivity contribution in [1.82, 2.24) is 4.98 Å². The van der Waals surface area contributed by atoms with Crippen molar-refractivity contribution in [3.8, 4) is 0 Å². The van der Waals surface area contributed by atoms with Gasteiger partial charge in [0.25, 0.3) is 0 Å². The SMILES string of the molecule is ClC(Cc1nc2ccccc2o1)C1CCCCO1. The zero-order valence-corrected chi connectivity index (χ0v) is 10.9. The number of nitrogens with zero attached hydrogens (tertiary/aromatic N) is 1. The van der Waals surface area contributed by atoms with E-state index in [4.69, 9.17) is 20.8 Å². The Hall–Kier alpha value is -1.06. The summed E-state index contributed by atoms with van der Waals surface area (Å²) >= 11 is 6.40. The van der Waals surface area contributed by atoms with Crippen molar-refractivity contribution in [3.05, 3.63) is 30.2 Å². The van der Waals surface area contributed by atoms with Crippen LogP contribution in [0.5, 0.6) is 0 Å². The Balaban J connectivity index is 1.71. The van der Waals surface area contributed by atoms with Gasteiger partial charge in [-0.2, -0.15) is 0 Å². The van der Waals surface area contributed by atoms with E-state index < -0.39 is 0 Å². The van der Waals surface area contributed by atoms with E-state index in [0.717, 1.165) is 30.5 Å². The summed E-state index contributed by atoms with van der Waals surface area (Å²) in [6.07, 6.45) is 4.13. The molecule has 2 unspecified atom stereocenters. The highest BCUT2D eigenvalue weighted by atomic mass is 35.5. The second kappa shape index (κ2) is 5.29. The molecule has 2 aromatic rings. The van der Waals surface area contributed by atoms with E-state index in [1.165, 1.54) is 6.42 Å². The molecule has 3 nitrogen and oxygen atoms in total. The van der Waals surface area contributed by atoms with Gasteiger partial charge in [-0.3, -0.25) is 0 Å².